The number of carbonyl (C=O) groups is 2. The highest BCUT2D eigenvalue weighted by Crippen LogP contribution is 2.33. The molecule has 2 N–H and O–H groups in total. The van der Waals surface area contributed by atoms with Gasteiger partial charge in [0.15, 0.2) is 5.69 Å². The first kappa shape index (κ1) is 23.0. The molecule has 0 aliphatic heterocycles. The van der Waals surface area contributed by atoms with E-state index in [2.05, 4.69) is 15.7 Å². The number of rotatable bonds is 4. The minimum atomic E-state index is -4.67. The average molecular weight is 465 g/mol. The number of benzene rings is 2. The Balaban J connectivity index is 2.04. The molecule has 0 saturated carbocycles. The second-order valence-electron chi connectivity index (χ2n) is 6.65. The van der Waals surface area contributed by atoms with Gasteiger partial charge < -0.3 is 10.6 Å². The van der Waals surface area contributed by atoms with E-state index in [1.54, 1.807) is 0 Å². The predicted molar refractivity (Wildman–Crippen MR) is 112 cm³/mol. The Morgan fingerprint density at radius 2 is 1.75 bits per heavy atom. The van der Waals surface area contributed by atoms with E-state index in [1.807, 2.05) is 0 Å². The molecule has 1 heterocycles. The van der Waals surface area contributed by atoms with Crippen molar-refractivity contribution in [1.29, 1.82) is 0 Å². The van der Waals surface area contributed by atoms with Gasteiger partial charge in [0.2, 0.25) is 5.43 Å². The third kappa shape index (κ3) is 4.65. The van der Waals surface area contributed by atoms with Crippen LogP contribution in [0.1, 0.15) is 32.1 Å². The molecule has 2 amide bonds. The van der Waals surface area contributed by atoms with Crippen LogP contribution in [0.2, 0.25) is 5.02 Å². The Bertz CT molecular complexity index is 1270. The monoisotopic (exact) mass is 464 g/mol. The molecule has 166 valence electrons. The molecule has 2 aromatic carbocycles. The standard InChI is InChI=1S/C21H16ClF3N4O3/c1-11-9-17(30)18(28-29(11)16-6-4-3-5-14(16)21(23,24)25)20(32)27-12-7-8-15(22)13(10-12)19(31)26-2/h3-10H,1-2H3,(H,26,31)(H,27,32). The molecule has 11 heteroatoms. The Kier molecular flexibility index (Phi) is 6.35. The summed E-state index contributed by atoms with van der Waals surface area (Å²) in [6.45, 7) is 1.40. The molecule has 1 aromatic heterocycles. The minimum absolute atomic E-state index is 0.0837. The molecule has 0 aliphatic carbocycles. The normalized spacial score (nSPS) is 11.2. The lowest BCUT2D eigenvalue weighted by Crippen LogP contribution is -2.27. The van der Waals surface area contributed by atoms with Crippen LogP contribution in [0.3, 0.4) is 0 Å². The Morgan fingerprint density at radius 1 is 1.06 bits per heavy atom. The maximum absolute atomic E-state index is 13.4. The number of aromatic nitrogens is 2. The number of nitrogens with zero attached hydrogens (tertiary/aromatic N) is 2. The highest BCUT2D eigenvalue weighted by Gasteiger charge is 2.34. The van der Waals surface area contributed by atoms with Crippen molar-refractivity contribution in [2.45, 2.75) is 13.1 Å². The molecule has 0 radical (unpaired) electrons. The van der Waals surface area contributed by atoms with Gasteiger partial charge in [-0.1, -0.05) is 23.7 Å². The molecule has 0 aliphatic rings. The van der Waals surface area contributed by atoms with Crippen LogP contribution in [-0.4, -0.2) is 28.6 Å². The molecule has 0 unspecified atom stereocenters. The molecule has 32 heavy (non-hydrogen) atoms. The SMILES string of the molecule is CNC(=O)c1cc(NC(=O)c2nn(-c3ccccc3C(F)(F)F)c(C)cc2=O)ccc1Cl. The highest BCUT2D eigenvalue weighted by atomic mass is 35.5. The van der Waals surface area contributed by atoms with E-state index < -0.39 is 34.7 Å². The Morgan fingerprint density at radius 3 is 2.41 bits per heavy atom. The van der Waals surface area contributed by atoms with Crippen LogP contribution < -0.4 is 16.1 Å². The molecule has 0 atom stereocenters. The Labute approximate surface area is 184 Å². The van der Waals surface area contributed by atoms with E-state index >= 15 is 0 Å². The molecule has 0 bridgehead atoms. The quantitative estimate of drug-likeness (QED) is 0.614. The zero-order chi connectivity index (χ0) is 23.6. The molecule has 3 rings (SSSR count). The Hall–Kier alpha value is -3.66. The summed E-state index contributed by atoms with van der Waals surface area (Å²) in [5.74, 6) is -1.45. The van der Waals surface area contributed by atoms with E-state index in [0.717, 1.165) is 16.8 Å². The molecular weight excluding hydrogens is 449 g/mol. The first-order valence-electron chi connectivity index (χ1n) is 9.13. The van der Waals surface area contributed by atoms with E-state index in [0.29, 0.717) is 0 Å². The summed E-state index contributed by atoms with van der Waals surface area (Å²) >= 11 is 5.98. The van der Waals surface area contributed by atoms with Crippen LogP contribution in [0.5, 0.6) is 0 Å². The van der Waals surface area contributed by atoms with Gasteiger partial charge in [-0.25, -0.2) is 4.68 Å². The van der Waals surface area contributed by atoms with Crippen molar-refractivity contribution >= 4 is 29.1 Å². The first-order chi connectivity index (χ1) is 15.0. The first-order valence-corrected chi connectivity index (χ1v) is 9.51. The van der Waals surface area contributed by atoms with Gasteiger partial charge in [0, 0.05) is 24.5 Å². The summed E-state index contributed by atoms with van der Waals surface area (Å²) < 4.78 is 41.2. The van der Waals surface area contributed by atoms with Crippen LogP contribution in [0.4, 0.5) is 18.9 Å². The van der Waals surface area contributed by atoms with E-state index in [9.17, 15) is 27.6 Å². The number of nitrogens with one attached hydrogen (secondary N) is 2. The highest BCUT2D eigenvalue weighted by molar-refractivity contribution is 6.34. The fraction of sp³-hybridized carbons (Fsp3) is 0.143. The van der Waals surface area contributed by atoms with Gasteiger partial charge >= 0.3 is 6.18 Å². The number of para-hydroxylation sites is 1. The lowest BCUT2D eigenvalue weighted by Gasteiger charge is -2.16. The van der Waals surface area contributed by atoms with Crippen LogP contribution in [-0.2, 0) is 6.18 Å². The second-order valence-corrected chi connectivity index (χ2v) is 7.06. The number of hydrogen-bond acceptors (Lipinski definition) is 4. The maximum Gasteiger partial charge on any atom is 0.418 e. The van der Waals surface area contributed by atoms with E-state index in [4.69, 9.17) is 11.6 Å². The van der Waals surface area contributed by atoms with Gasteiger partial charge in [0.05, 0.1) is 21.8 Å². The minimum Gasteiger partial charge on any atom is -0.355 e. The summed E-state index contributed by atoms with van der Waals surface area (Å²) in [7, 11) is 1.40. The van der Waals surface area contributed by atoms with Crippen molar-refractivity contribution in [2.24, 2.45) is 0 Å². The van der Waals surface area contributed by atoms with Crippen molar-refractivity contribution in [3.63, 3.8) is 0 Å². The third-order valence-electron chi connectivity index (χ3n) is 4.46. The summed E-state index contributed by atoms with van der Waals surface area (Å²) in [6, 6.07) is 9.77. The van der Waals surface area contributed by atoms with Crippen LogP contribution in [0.25, 0.3) is 5.69 Å². The number of amides is 2. The summed E-state index contributed by atoms with van der Waals surface area (Å²) in [4.78, 5) is 37.0. The van der Waals surface area contributed by atoms with Gasteiger partial charge in [-0.15, -0.1) is 0 Å². The van der Waals surface area contributed by atoms with Gasteiger partial charge in [-0.3, -0.25) is 14.4 Å². The predicted octanol–water partition coefficient (Wildman–Crippen LogP) is 3.83. The van der Waals surface area contributed by atoms with Gasteiger partial charge in [0.25, 0.3) is 11.8 Å². The fourth-order valence-corrected chi connectivity index (χ4v) is 3.15. The van der Waals surface area contributed by atoms with Crippen LogP contribution in [0.15, 0.2) is 53.3 Å². The fourth-order valence-electron chi connectivity index (χ4n) is 2.95. The molecule has 0 fully saturated rings. The second kappa shape index (κ2) is 8.83. The van der Waals surface area contributed by atoms with Crippen molar-refractivity contribution in [1.82, 2.24) is 15.1 Å². The zero-order valence-electron chi connectivity index (χ0n) is 16.7. The number of carbonyl (C=O) groups excluding carboxylic acids is 2. The number of alkyl halides is 3. The van der Waals surface area contributed by atoms with E-state index in [1.165, 1.54) is 50.4 Å². The number of halogens is 4. The summed E-state index contributed by atoms with van der Waals surface area (Å²) in [5, 5.41) is 8.84. The largest absolute Gasteiger partial charge is 0.418 e. The maximum atomic E-state index is 13.4. The van der Waals surface area contributed by atoms with Crippen LogP contribution in [0, 0.1) is 6.92 Å². The van der Waals surface area contributed by atoms with Crippen LogP contribution >= 0.6 is 11.6 Å². The average Bonchev–Trinajstić information content (AvgIpc) is 2.74. The van der Waals surface area contributed by atoms with Gasteiger partial charge in [0.1, 0.15) is 0 Å². The lowest BCUT2D eigenvalue weighted by atomic mass is 10.1. The molecule has 7 nitrogen and oxygen atoms in total. The number of anilines is 1. The zero-order valence-corrected chi connectivity index (χ0v) is 17.5. The number of aryl methyl sites for hydroxylation is 1. The lowest BCUT2D eigenvalue weighted by molar-refractivity contribution is -0.137. The van der Waals surface area contributed by atoms with Crippen molar-refractivity contribution < 1.29 is 22.8 Å². The molecule has 0 spiro atoms. The molecule has 0 saturated heterocycles. The third-order valence-corrected chi connectivity index (χ3v) is 4.79. The topological polar surface area (TPSA) is 93.1 Å². The van der Waals surface area contributed by atoms with Gasteiger partial charge in [-0.05, 0) is 37.3 Å². The number of hydrogen-bond donors (Lipinski definition) is 2. The van der Waals surface area contributed by atoms with Crippen molar-refractivity contribution in [3.8, 4) is 5.69 Å². The van der Waals surface area contributed by atoms with Crippen molar-refractivity contribution in [3.05, 3.63) is 86.3 Å². The molecular formula is C21H16ClF3N4O3. The summed E-state index contributed by atoms with van der Waals surface area (Å²) in [6.07, 6.45) is -4.67. The molecule has 3 aromatic rings. The van der Waals surface area contributed by atoms with Gasteiger partial charge in [-0.2, -0.15) is 18.3 Å². The smallest absolute Gasteiger partial charge is 0.355 e. The van der Waals surface area contributed by atoms with Crippen molar-refractivity contribution in [2.75, 3.05) is 12.4 Å². The van der Waals surface area contributed by atoms with E-state index in [-0.39, 0.29) is 27.7 Å². The summed E-state index contributed by atoms with van der Waals surface area (Å²) in [5.41, 5.74) is -2.37.